The van der Waals surface area contributed by atoms with Crippen LogP contribution in [-0.4, -0.2) is 11.6 Å². The van der Waals surface area contributed by atoms with E-state index in [1.807, 2.05) is 0 Å². The molecule has 0 aliphatic heterocycles. The minimum atomic E-state index is -0.446. The highest BCUT2D eigenvalue weighted by Gasteiger charge is 2.10. The molecule has 3 N–H and O–H groups in total. The van der Waals surface area contributed by atoms with Gasteiger partial charge < -0.3 is 11.1 Å². The standard InChI is InChI=1S/C7H9N3O2/c8-5-9-6-3-1-2-4-7(6)10(11)12/h1-4,9H,5,8H2. The van der Waals surface area contributed by atoms with E-state index < -0.39 is 4.92 Å². The van der Waals surface area contributed by atoms with Gasteiger partial charge in [-0.1, -0.05) is 12.1 Å². The Morgan fingerprint density at radius 2 is 2.17 bits per heavy atom. The maximum absolute atomic E-state index is 10.4. The van der Waals surface area contributed by atoms with Crippen molar-refractivity contribution in [2.75, 3.05) is 12.0 Å². The van der Waals surface area contributed by atoms with Crippen LogP contribution in [0.3, 0.4) is 0 Å². The van der Waals surface area contributed by atoms with Gasteiger partial charge in [0.1, 0.15) is 5.69 Å². The third-order valence-corrected chi connectivity index (χ3v) is 1.39. The van der Waals surface area contributed by atoms with Gasteiger partial charge in [-0.25, -0.2) is 0 Å². The molecule has 1 rings (SSSR count). The molecule has 0 saturated carbocycles. The van der Waals surface area contributed by atoms with Crippen molar-refractivity contribution in [1.82, 2.24) is 0 Å². The SMILES string of the molecule is NCNc1ccccc1[N+](=O)[O-]. The van der Waals surface area contributed by atoms with Crippen molar-refractivity contribution in [3.05, 3.63) is 34.4 Å². The van der Waals surface area contributed by atoms with Gasteiger partial charge in [-0.2, -0.15) is 0 Å². The fourth-order valence-corrected chi connectivity index (χ4v) is 0.892. The molecule has 0 fully saturated rings. The highest BCUT2D eigenvalue weighted by Crippen LogP contribution is 2.22. The first-order valence-electron chi connectivity index (χ1n) is 3.43. The summed E-state index contributed by atoms with van der Waals surface area (Å²) in [6.07, 6.45) is 0. The third kappa shape index (κ3) is 1.70. The van der Waals surface area contributed by atoms with Gasteiger partial charge in [-0.15, -0.1) is 0 Å². The fourth-order valence-electron chi connectivity index (χ4n) is 0.892. The number of nitro groups is 1. The maximum Gasteiger partial charge on any atom is 0.292 e. The van der Waals surface area contributed by atoms with Gasteiger partial charge >= 0.3 is 0 Å². The van der Waals surface area contributed by atoms with E-state index in [1.165, 1.54) is 6.07 Å². The number of nitrogens with one attached hydrogen (secondary N) is 1. The van der Waals surface area contributed by atoms with Crippen LogP contribution in [0.25, 0.3) is 0 Å². The van der Waals surface area contributed by atoms with Gasteiger partial charge in [0, 0.05) is 6.07 Å². The Balaban J connectivity index is 3.00. The summed E-state index contributed by atoms with van der Waals surface area (Å²) >= 11 is 0. The van der Waals surface area contributed by atoms with Crippen molar-refractivity contribution in [2.45, 2.75) is 0 Å². The molecule has 0 aliphatic carbocycles. The maximum atomic E-state index is 10.4. The molecule has 0 amide bonds. The number of nitro benzene ring substituents is 1. The molecule has 0 unspecified atom stereocenters. The number of hydrogen-bond donors (Lipinski definition) is 2. The van der Waals surface area contributed by atoms with Crippen molar-refractivity contribution >= 4 is 11.4 Å². The zero-order chi connectivity index (χ0) is 8.97. The smallest absolute Gasteiger partial charge is 0.292 e. The third-order valence-electron chi connectivity index (χ3n) is 1.39. The molecule has 0 bridgehead atoms. The van der Waals surface area contributed by atoms with E-state index in [0.717, 1.165) is 0 Å². The summed E-state index contributed by atoms with van der Waals surface area (Å²) in [5, 5.41) is 13.1. The topological polar surface area (TPSA) is 81.2 Å². The fraction of sp³-hybridized carbons (Fsp3) is 0.143. The first-order chi connectivity index (χ1) is 5.75. The Hall–Kier alpha value is -1.62. The van der Waals surface area contributed by atoms with E-state index in [0.29, 0.717) is 5.69 Å². The van der Waals surface area contributed by atoms with Crippen molar-refractivity contribution in [3.8, 4) is 0 Å². The Bertz CT molecular complexity index is 288. The number of nitrogens with zero attached hydrogens (tertiary/aromatic N) is 1. The molecule has 5 heteroatoms. The molecule has 0 aromatic heterocycles. The number of nitrogens with two attached hydrogens (primary N) is 1. The molecule has 12 heavy (non-hydrogen) atoms. The van der Waals surface area contributed by atoms with E-state index >= 15 is 0 Å². The van der Waals surface area contributed by atoms with Crippen LogP contribution in [0.4, 0.5) is 11.4 Å². The zero-order valence-corrected chi connectivity index (χ0v) is 6.36. The van der Waals surface area contributed by atoms with E-state index in [-0.39, 0.29) is 12.4 Å². The van der Waals surface area contributed by atoms with Crippen LogP contribution in [0.5, 0.6) is 0 Å². The largest absolute Gasteiger partial charge is 0.367 e. The average molecular weight is 167 g/mol. The summed E-state index contributed by atoms with van der Waals surface area (Å²) in [7, 11) is 0. The number of anilines is 1. The lowest BCUT2D eigenvalue weighted by Crippen LogP contribution is -2.11. The van der Waals surface area contributed by atoms with E-state index in [4.69, 9.17) is 5.73 Å². The molecule has 0 spiro atoms. The monoisotopic (exact) mass is 167 g/mol. The highest BCUT2D eigenvalue weighted by molar-refractivity contribution is 5.60. The molecular formula is C7H9N3O2. The quantitative estimate of drug-likeness (QED) is 0.398. The highest BCUT2D eigenvalue weighted by atomic mass is 16.6. The molecule has 1 aromatic carbocycles. The van der Waals surface area contributed by atoms with Crippen molar-refractivity contribution in [3.63, 3.8) is 0 Å². The van der Waals surface area contributed by atoms with E-state index in [9.17, 15) is 10.1 Å². The number of hydrogen-bond acceptors (Lipinski definition) is 4. The molecule has 64 valence electrons. The first kappa shape index (κ1) is 8.48. The van der Waals surface area contributed by atoms with Crippen LogP contribution in [0, 0.1) is 10.1 Å². The number of benzene rings is 1. The lowest BCUT2D eigenvalue weighted by atomic mass is 10.3. The average Bonchev–Trinajstić information content (AvgIpc) is 2.05. The molecule has 0 saturated heterocycles. The second kappa shape index (κ2) is 3.68. The van der Waals surface area contributed by atoms with Gasteiger partial charge in [0.2, 0.25) is 0 Å². The summed E-state index contributed by atoms with van der Waals surface area (Å²) < 4.78 is 0. The minimum Gasteiger partial charge on any atom is -0.367 e. The Labute approximate surface area is 69.3 Å². The Morgan fingerprint density at radius 1 is 1.50 bits per heavy atom. The molecule has 0 aliphatic rings. The Kier molecular flexibility index (Phi) is 2.60. The molecule has 1 aromatic rings. The van der Waals surface area contributed by atoms with Crippen LogP contribution >= 0.6 is 0 Å². The zero-order valence-electron chi connectivity index (χ0n) is 6.36. The first-order valence-corrected chi connectivity index (χ1v) is 3.43. The van der Waals surface area contributed by atoms with Crippen LogP contribution < -0.4 is 11.1 Å². The van der Waals surface area contributed by atoms with Crippen LogP contribution in [-0.2, 0) is 0 Å². The van der Waals surface area contributed by atoms with Crippen LogP contribution in [0.2, 0.25) is 0 Å². The van der Waals surface area contributed by atoms with Crippen LogP contribution in [0.15, 0.2) is 24.3 Å². The van der Waals surface area contributed by atoms with E-state index in [1.54, 1.807) is 18.2 Å². The van der Waals surface area contributed by atoms with Crippen LogP contribution in [0.1, 0.15) is 0 Å². The van der Waals surface area contributed by atoms with Gasteiger partial charge in [-0.3, -0.25) is 10.1 Å². The summed E-state index contributed by atoms with van der Waals surface area (Å²) in [6.45, 7) is 0.185. The van der Waals surface area contributed by atoms with Gasteiger partial charge in [0.05, 0.1) is 11.6 Å². The van der Waals surface area contributed by atoms with Crippen molar-refractivity contribution in [2.24, 2.45) is 5.73 Å². The molecule has 0 heterocycles. The van der Waals surface area contributed by atoms with Crippen molar-refractivity contribution < 1.29 is 4.92 Å². The minimum absolute atomic E-state index is 0.0444. The van der Waals surface area contributed by atoms with E-state index in [2.05, 4.69) is 5.32 Å². The predicted molar refractivity (Wildman–Crippen MR) is 45.8 cm³/mol. The summed E-state index contributed by atoms with van der Waals surface area (Å²) in [5.41, 5.74) is 5.69. The van der Waals surface area contributed by atoms with Gasteiger partial charge in [-0.05, 0) is 6.07 Å². The number of para-hydroxylation sites is 2. The Morgan fingerprint density at radius 3 is 2.75 bits per heavy atom. The normalized spacial score (nSPS) is 9.42. The molecular weight excluding hydrogens is 158 g/mol. The molecule has 0 radical (unpaired) electrons. The summed E-state index contributed by atoms with van der Waals surface area (Å²) in [4.78, 5) is 9.97. The number of rotatable bonds is 3. The lowest BCUT2D eigenvalue weighted by Gasteiger charge is -2.02. The van der Waals surface area contributed by atoms with Gasteiger partial charge in [0.25, 0.3) is 5.69 Å². The lowest BCUT2D eigenvalue weighted by molar-refractivity contribution is -0.384. The summed E-state index contributed by atoms with van der Waals surface area (Å²) in [5.74, 6) is 0. The molecule has 5 nitrogen and oxygen atoms in total. The second-order valence-electron chi connectivity index (χ2n) is 2.16. The second-order valence-corrected chi connectivity index (χ2v) is 2.16. The van der Waals surface area contributed by atoms with Crippen molar-refractivity contribution in [1.29, 1.82) is 0 Å². The molecule has 0 atom stereocenters. The predicted octanol–water partition coefficient (Wildman–Crippen LogP) is 0.923. The van der Waals surface area contributed by atoms with Gasteiger partial charge in [0.15, 0.2) is 0 Å². The summed E-state index contributed by atoms with van der Waals surface area (Å²) in [6, 6.07) is 6.37.